The molecule has 4 rings (SSSR count). The van der Waals surface area contributed by atoms with E-state index in [0.29, 0.717) is 42.1 Å². The Balaban J connectivity index is 1.73. The highest BCUT2D eigenvalue weighted by Gasteiger charge is 2.46. The Bertz CT molecular complexity index is 1400. The monoisotopic (exact) mass is 544 g/mol. The van der Waals surface area contributed by atoms with Crippen molar-refractivity contribution in [3.05, 3.63) is 94.6 Å². The van der Waals surface area contributed by atoms with Gasteiger partial charge >= 0.3 is 0 Å². The summed E-state index contributed by atoms with van der Waals surface area (Å²) in [5, 5.41) is 21.7. The van der Waals surface area contributed by atoms with E-state index >= 15 is 0 Å². The molecular weight excluding hydrogens is 508 g/mol. The molecule has 2 N–H and O–H groups in total. The summed E-state index contributed by atoms with van der Waals surface area (Å²) in [6.07, 6.45) is 0. The number of ketones is 1. The third-order valence-corrected chi connectivity index (χ3v) is 7.31. The van der Waals surface area contributed by atoms with Crippen LogP contribution in [0.5, 0.6) is 17.2 Å². The lowest BCUT2D eigenvalue weighted by molar-refractivity contribution is -0.140. The fourth-order valence-corrected chi connectivity index (χ4v) is 4.99. The molecule has 1 saturated heterocycles. The van der Waals surface area contributed by atoms with Crippen LogP contribution in [0.2, 0.25) is 0 Å². The van der Waals surface area contributed by atoms with E-state index in [4.69, 9.17) is 9.47 Å². The number of likely N-dealkylation sites (tertiary alicyclic amines) is 1. The highest BCUT2D eigenvalue weighted by Crippen LogP contribution is 2.42. The van der Waals surface area contributed by atoms with Gasteiger partial charge in [-0.15, -0.1) is 0 Å². The van der Waals surface area contributed by atoms with E-state index in [9.17, 15) is 19.8 Å². The van der Waals surface area contributed by atoms with Crippen molar-refractivity contribution in [3.63, 3.8) is 0 Å². The van der Waals surface area contributed by atoms with Crippen LogP contribution in [0.25, 0.3) is 5.76 Å². The van der Waals surface area contributed by atoms with Crippen LogP contribution in [0.1, 0.15) is 42.1 Å². The molecule has 1 aliphatic heterocycles. The number of ether oxygens (including phenoxy) is 2. The van der Waals surface area contributed by atoms with Gasteiger partial charge in [-0.2, -0.15) is 0 Å². The molecule has 1 amide bonds. The second kappa shape index (κ2) is 12.7. The number of aromatic hydroxyl groups is 1. The maximum Gasteiger partial charge on any atom is 0.295 e. The maximum atomic E-state index is 13.4. The van der Waals surface area contributed by atoms with Crippen LogP contribution in [0.15, 0.2) is 72.3 Å². The quantitative estimate of drug-likeness (QED) is 0.198. The largest absolute Gasteiger partial charge is 0.507 e. The molecule has 0 aliphatic carbocycles. The minimum absolute atomic E-state index is 0.00153. The molecule has 40 heavy (non-hydrogen) atoms. The van der Waals surface area contributed by atoms with Gasteiger partial charge in [-0.1, -0.05) is 50.2 Å². The summed E-state index contributed by atoms with van der Waals surface area (Å²) in [5.41, 5.74) is 2.71. The lowest BCUT2D eigenvalue weighted by atomic mass is 9.93. The summed E-state index contributed by atoms with van der Waals surface area (Å²) in [7, 11) is 1.43. The Morgan fingerprint density at radius 1 is 1.00 bits per heavy atom. The molecule has 1 atom stereocenters. The lowest BCUT2D eigenvalue weighted by Crippen LogP contribution is -2.38. The van der Waals surface area contributed by atoms with E-state index in [0.717, 1.165) is 18.7 Å². The number of likely N-dealkylation sites (N-methyl/N-ethyl adjacent to an activating group) is 1. The van der Waals surface area contributed by atoms with Crippen molar-refractivity contribution in [1.29, 1.82) is 0 Å². The number of hydrogen-bond acceptors (Lipinski definition) is 7. The van der Waals surface area contributed by atoms with Gasteiger partial charge in [-0.05, 0) is 67.0 Å². The number of carbonyl (C=O) groups is 2. The molecule has 0 bridgehead atoms. The minimum Gasteiger partial charge on any atom is -0.507 e. The van der Waals surface area contributed by atoms with Crippen LogP contribution < -0.4 is 9.47 Å². The number of phenolic OH excluding ortho intramolecular Hbond substituents is 1. The molecule has 8 nitrogen and oxygen atoms in total. The normalized spacial score (nSPS) is 16.5. The summed E-state index contributed by atoms with van der Waals surface area (Å²) in [4.78, 5) is 30.4. The third kappa shape index (κ3) is 5.97. The second-order valence-corrected chi connectivity index (χ2v) is 9.70. The summed E-state index contributed by atoms with van der Waals surface area (Å²) < 4.78 is 11.2. The lowest BCUT2D eigenvalue weighted by Gasteiger charge is -2.28. The number of Topliss-reactive ketones (excluding diaryl/α,β-unsaturated/α-hetero) is 1. The topological polar surface area (TPSA) is 99.5 Å². The van der Waals surface area contributed by atoms with E-state index < -0.39 is 17.7 Å². The first-order valence-electron chi connectivity index (χ1n) is 13.4. The molecular formula is C32H36N2O6. The predicted octanol–water partition coefficient (Wildman–Crippen LogP) is 5.05. The van der Waals surface area contributed by atoms with Gasteiger partial charge in [0, 0.05) is 18.7 Å². The molecule has 0 spiro atoms. The number of aliphatic hydroxyl groups excluding tert-OH is 1. The van der Waals surface area contributed by atoms with Crippen LogP contribution in [0.3, 0.4) is 0 Å². The molecule has 210 valence electrons. The van der Waals surface area contributed by atoms with E-state index in [1.165, 1.54) is 18.1 Å². The number of hydrogen-bond donors (Lipinski definition) is 2. The van der Waals surface area contributed by atoms with Gasteiger partial charge in [0.05, 0.1) is 18.7 Å². The zero-order valence-electron chi connectivity index (χ0n) is 23.4. The van der Waals surface area contributed by atoms with E-state index in [1.807, 2.05) is 51.1 Å². The Kier molecular flexibility index (Phi) is 9.11. The number of methoxy groups -OCH3 is 1. The van der Waals surface area contributed by atoms with Gasteiger partial charge in [0.1, 0.15) is 18.1 Å². The highest BCUT2D eigenvalue weighted by atomic mass is 16.5. The van der Waals surface area contributed by atoms with Crippen LogP contribution in [-0.2, 0) is 16.2 Å². The number of benzene rings is 3. The van der Waals surface area contributed by atoms with Crippen LogP contribution in [0, 0.1) is 6.92 Å². The second-order valence-electron chi connectivity index (χ2n) is 9.70. The number of phenols is 1. The summed E-state index contributed by atoms with van der Waals surface area (Å²) >= 11 is 0. The molecule has 1 aliphatic rings. The molecule has 0 aromatic heterocycles. The molecule has 3 aromatic carbocycles. The van der Waals surface area contributed by atoms with Crippen molar-refractivity contribution in [1.82, 2.24) is 9.80 Å². The molecule has 0 saturated carbocycles. The predicted molar refractivity (Wildman–Crippen MR) is 153 cm³/mol. The van der Waals surface area contributed by atoms with Crippen molar-refractivity contribution >= 4 is 17.4 Å². The van der Waals surface area contributed by atoms with E-state index in [-0.39, 0.29) is 22.8 Å². The first-order chi connectivity index (χ1) is 19.3. The summed E-state index contributed by atoms with van der Waals surface area (Å²) in [6, 6.07) is 18.9. The van der Waals surface area contributed by atoms with Gasteiger partial charge in [-0.25, -0.2) is 0 Å². The fraction of sp³-hybridized carbons (Fsp3) is 0.312. The Hall–Kier alpha value is -4.30. The van der Waals surface area contributed by atoms with Gasteiger partial charge in [-0.3, -0.25) is 9.59 Å². The summed E-state index contributed by atoms with van der Waals surface area (Å²) in [5.74, 6) is -0.912. The minimum atomic E-state index is -0.849. The SMILES string of the molecule is CCN(CC)CCN1C(=O)C(=O)/C(=C(/O)c2ccc(OCc3ccccc3)cc2C)[C@H]1c1ccc(O)c(OC)c1. The van der Waals surface area contributed by atoms with E-state index in [1.54, 1.807) is 30.3 Å². The third-order valence-electron chi connectivity index (χ3n) is 7.31. The first-order valence-corrected chi connectivity index (χ1v) is 13.4. The van der Waals surface area contributed by atoms with Gasteiger partial charge in [0.2, 0.25) is 0 Å². The molecule has 1 fully saturated rings. The number of carbonyl (C=O) groups excluding carboxylic acids is 2. The Labute approximate surface area is 235 Å². The number of nitrogens with zero attached hydrogens (tertiary/aromatic N) is 2. The highest BCUT2D eigenvalue weighted by molar-refractivity contribution is 6.46. The fourth-order valence-electron chi connectivity index (χ4n) is 4.99. The van der Waals surface area contributed by atoms with Crippen molar-refractivity contribution in [2.24, 2.45) is 0 Å². The first kappa shape index (κ1) is 28.7. The molecule has 1 heterocycles. The zero-order valence-corrected chi connectivity index (χ0v) is 23.4. The maximum absolute atomic E-state index is 13.4. The molecule has 0 unspecified atom stereocenters. The van der Waals surface area contributed by atoms with Crippen molar-refractivity contribution in [2.45, 2.75) is 33.4 Å². The standard InChI is InChI=1S/C32H36N2O6/c1-5-33(6-2)16-17-34-29(23-12-15-26(35)27(19-23)39-4)28(31(37)32(34)38)30(36)25-14-13-24(18-21(25)3)40-20-22-10-8-7-9-11-22/h7-15,18-19,29,35-36H,5-6,16-17,20H2,1-4H3/b30-28+/t29-/m1/s1. The summed E-state index contributed by atoms with van der Waals surface area (Å²) in [6.45, 7) is 8.75. The number of amides is 1. The van der Waals surface area contributed by atoms with Gasteiger partial charge in [0.25, 0.3) is 11.7 Å². The van der Waals surface area contributed by atoms with Crippen LogP contribution in [0.4, 0.5) is 0 Å². The average molecular weight is 545 g/mol. The number of rotatable bonds is 11. The molecule has 0 radical (unpaired) electrons. The van der Waals surface area contributed by atoms with Crippen LogP contribution >= 0.6 is 0 Å². The Morgan fingerprint density at radius 2 is 1.73 bits per heavy atom. The molecule has 8 heteroatoms. The average Bonchev–Trinajstić information content (AvgIpc) is 3.22. The van der Waals surface area contributed by atoms with Crippen LogP contribution in [-0.4, -0.2) is 65.0 Å². The number of aliphatic hydroxyl groups is 1. The number of aryl methyl sites for hydroxylation is 1. The molecule has 3 aromatic rings. The van der Waals surface area contributed by atoms with Crippen molar-refractivity contribution < 1.29 is 29.3 Å². The van der Waals surface area contributed by atoms with Crippen molar-refractivity contribution in [3.8, 4) is 17.2 Å². The van der Waals surface area contributed by atoms with Gasteiger partial charge < -0.3 is 29.5 Å². The Morgan fingerprint density at radius 3 is 2.38 bits per heavy atom. The van der Waals surface area contributed by atoms with Crippen molar-refractivity contribution in [2.75, 3.05) is 33.3 Å². The smallest absolute Gasteiger partial charge is 0.295 e. The zero-order chi connectivity index (χ0) is 28.8. The van der Waals surface area contributed by atoms with Gasteiger partial charge in [0.15, 0.2) is 11.5 Å². The van der Waals surface area contributed by atoms with E-state index in [2.05, 4.69) is 4.90 Å².